The zero-order valence-electron chi connectivity index (χ0n) is 8.49. The van der Waals surface area contributed by atoms with Crippen LogP contribution in [-0.4, -0.2) is 37.7 Å². The van der Waals surface area contributed by atoms with Gasteiger partial charge in [0.2, 0.25) is 0 Å². The Morgan fingerprint density at radius 3 is 3.08 bits per heavy atom. The van der Waals surface area contributed by atoms with Gasteiger partial charge in [0.15, 0.2) is 0 Å². The fraction of sp³-hybridized carbons (Fsp3) is 0.900. The van der Waals surface area contributed by atoms with Crippen LogP contribution in [0.5, 0.6) is 0 Å². The van der Waals surface area contributed by atoms with Gasteiger partial charge in [-0.1, -0.05) is 0 Å². The van der Waals surface area contributed by atoms with Gasteiger partial charge in [0.1, 0.15) is 0 Å². The smallest absolute Gasteiger partial charge is 0.0698 e. The van der Waals surface area contributed by atoms with Crippen LogP contribution < -0.4 is 0 Å². The molecular weight excluding hydrogens is 164 g/mol. The number of piperidine rings is 1. The first-order valence-corrected chi connectivity index (χ1v) is 4.91. The summed E-state index contributed by atoms with van der Waals surface area (Å²) in [5, 5.41) is 8.68. The van der Waals surface area contributed by atoms with Crippen LogP contribution in [0.4, 0.5) is 0 Å². The lowest BCUT2D eigenvalue weighted by molar-refractivity contribution is 0.0290. The van der Waals surface area contributed by atoms with Crippen molar-refractivity contribution in [3.8, 4) is 6.07 Å². The lowest BCUT2D eigenvalue weighted by Crippen LogP contribution is -2.41. The molecule has 74 valence electrons. The molecule has 1 heterocycles. The van der Waals surface area contributed by atoms with Crippen LogP contribution in [0, 0.1) is 17.2 Å². The first-order chi connectivity index (χ1) is 6.26. The maximum absolute atomic E-state index is 8.68. The molecule has 0 aromatic heterocycles. The molecule has 1 saturated heterocycles. The molecule has 1 rings (SSSR count). The van der Waals surface area contributed by atoms with Gasteiger partial charge < -0.3 is 4.74 Å². The Hall–Kier alpha value is -0.590. The molecule has 0 bridgehead atoms. The van der Waals surface area contributed by atoms with Crippen LogP contribution in [0.1, 0.15) is 19.8 Å². The predicted molar refractivity (Wildman–Crippen MR) is 51.2 cm³/mol. The van der Waals surface area contributed by atoms with E-state index in [9.17, 15) is 0 Å². The van der Waals surface area contributed by atoms with E-state index in [1.807, 2.05) is 6.92 Å². The summed E-state index contributed by atoms with van der Waals surface area (Å²) < 4.78 is 5.31. The van der Waals surface area contributed by atoms with E-state index in [-0.39, 0.29) is 5.92 Å². The van der Waals surface area contributed by atoms with Crippen LogP contribution in [-0.2, 0) is 4.74 Å². The molecule has 2 unspecified atom stereocenters. The van der Waals surface area contributed by atoms with E-state index >= 15 is 0 Å². The average Bonchev–Trinajstić information content (AvgIpc) is 2.18. The standard InChI is InChI=1S/C10H18N2O/c1-9(6-11)7-12-5-3-4-10(8-12)13-2/h9-10H,3-5,7-8H2,1-2H3. The molecule has 0 spiro atoms. The van der Waals surface area contributed by atoms with E-state index in [1.165, 1.54) is 6.42 Å². The van der Waals surface area contributed by atoms with Crippen LogP contribution >= 0.6 is 0 Å². The number of methoxy groups -OCH3 is 1. The molecule has 0 aromatic carbocycles. The summed E-state index contributed by atoms with van der Waals surface area (Å²) in [4.78, 5) is 2.32. The van der Waals surface area contributed by atoms with E-state index in [1.54, 1.807) is 7.11 Å². The van der Waals surface area contributed by atoms with Crippen molar-refractivity contribution in [2.24, 2.45) is 5.92 Å². The molecule has 13 heavy (non-hydrogen) atoms. The molecule has 0 saturated carbocycles. The third-order valence-electron chi connectivity index (χ3n) is 2.55. The van der Waals surface area contributed by atoms with Gasteiger partial charge in [-0.3, -0.25) is 4.90 Å². The van der Waals surface area contributed by atoms with Crippen molar-refractivity contribution in [3.05, 3.63) is 0 Å². The Morgan fingerprint density at radius 1 is 1.69 bits per heavy atom. The highest BCUT2D eigenvalue weighted by molar-refractivity contribution is 4.83. The van der Waals surface area contributed by atoms with E-state index in [2.05, 4.69) is 11.0 Å². The zero-order chi connectivity index (χ0) is 9.68. The Kier molecular flexibility index (Phi) is 4.20. The van der Waals surface area contributed by atoms with Crippen molar-refractivity contribution in [1.29, 1.82) is 5.26 Å². The second-order valence-corrected chi connectivity index (χ2v) is 3.79. The van der Waals surface area contributed by atoms with Gasteiger partial charge in [0.05, 0.1) is 18.1 Å². The number of hydrogen-bond donors (Lipinski definition) is 0. The van der Waals surface area contributed by atoms with E-state index in [0.717, 1.165) is 26.1 Å². The molecule has 0 aliphatic carbocycles. The Bertz CT molecular complexity index is 188. The Balaban J connectivity index is 2.30. The number of nitriles is 1. The monoisotopic (exact) mass is 182 g/mol. The summed E-state index contributed by atoms with van der Waals surface area (Å²) in [7, 11) is 1.77. The number of rotatable bonds is 3. The Morgan fingerprint density at radius 2 is 2.46 bits per heavy atom. The minimum atomic E-state index is 0.135. The SMILES string of the molecule is COC1CCCN(CC(C)C#N)C1. The molecular formula is C10H18N2O. The fourth-order valence-corrected chi connectivity index (χ4v) is 1.80. The summed E-state index contributed by atoms with van der Waals surface area (Å²) in [6.45, 7) is 4.96. The summed E-state index contributed by atoms with van der Waals surface area (Å²) in [5.41, 5.74) is 0. The second-order valence-electron chi connectivity index (χ2n) is 3.79. The predicted octanol–water partition coefficient (Wildman–Crippen LogP) is 1.26. The molecule has 1 aliphatic rings. The van der Waals surface area contributed by atoms with Gasteiger partial charge in [-0.2, -0.15) is 5.26 Å². The average molecular weight is 182 g/mol. The van der Waals surface area contributed by atoms with Gasteiger partial charge in [-0.25, -0.2) is 0 Å². The lowest BCUT2D eigenvalue weighted by Gasteiger charge is -2.32. The van der Waals surface area contributed by atoms with Gasteiger partial charge >= 0.3 is 0 Å². The second kappa shape index (κ2) is 5.21. The van der Waals surface area contributed by atoms with Crippen molar-refractivity contribution in [1.82, 2.24) is 4.90 Å². The van der Waals surface area contributed by atoms with Gasteiger partial charge in [-0.15, -0.1) is 0 Å². The molecule has 0 radical (unpaired) electrons. The van der Waals surface area contributed by atoms with E-state index in [4.69, 9.17) is 10.00 Å². The molecule has 1 aliphatic heterocycles. The molecule has 2 atom stereocenters. The number of hydrogen-bond acceptors (Lipinski definition) is 3. The normalized spacial score (nSPS) is 26.7. The summed E-state index contributed by atoms with van der Waals surface area (Å²) in [6, 6.07) is 2.26. The first-order valence-electron chi connectivity index (χ1n) is 4.91. The number of ether oxygens (including phenoxy) is 1. The van der Waals surface area contributed by atoms with Crippen molar-refractivity contribution in [2.45, 2.75) is 25.9 Å². The zero-order valence-corrected chi connectivity index (χ0v) is 8.49. The Labute approximate surface area is 80.3 Å². The quantitative estimate of drug-likeness (QED) is 0.659. The van der Waals surface area contributed by atoms with E-state index < -0.39 is 0 Å². The van der Waals surface area contributed by atoms with Crippen molar-refractivity contribution < 1.29 is 4.74 Å². The summed E-state index contributed by atoms with van der Waals surface area (Å²) >= 11 is 0. The molecule has 0 N–H and O–H groups in total. The summed E-state index contributed by atoms with van der Waals surface area (Å²) in [6.07, 6.45) is 2.73. The highest BCUT2D eigenvalue weighted by Gasteiger charge is 2.20. The van der Waals surface area contributed by atoms with Crippen molar-refractivity contribution in [3.63, 3.8) is 0 Å². The maximum Gasteiger partial charge on any atom is 0.0698 e. The largest absolute Gasteiger partial charge is 0.380 e. The van der Waals surface area contributed by atoms with Crippen LogP contribution in [0.25, 0.3) is 0 Å². The van der Waals surface area contributed by atoms with Gasteiger partial charge in [0, 0.05) is 20.2 Å². The van der Waals surface area contributed by atoms with E-state index in [0.29, 0.717) is 6.10 Å². The fourth-order valence-electron chi connectivity index (χ4n) is 1.80. The first kappa shape index (κ1) is 10.5. The third-order valence-corrected chi connectivity index (χ3v) is 2.55. The molecule has 0 aromatic rings. The van der Waals surface area contributed by atoms with Crippen LogP contribution in [0.15, 0.2) is 0 Å². The molecule has 1 fully saturated rings. The number of likely N-dealkylation sites (tertiary alicyclic amines) is 1. The molecule has 3 heteroatoms. The highest BCUT2D eigenvalue weighted by Crippen LogP contribution is 2.13. The van der Waals surface area contributed by atoms with Crippen LogP contribution in [0.3, 0.4) is 0 Å². The lowest BCUT2D eigenvalue weighted by atomic mass is 10.1. The minimum Gasteiger partial charge on any atom is -0.380 e. The van der Waals surface area contributed by atoms with Crippen molar-refractivity contribution in [2.75, 3.05) is 26.7 Å². The van der Waals surface area contributed by atoms with Crippen molar-refractivity contribution >= 4 is 0 Å². The topological polar surface area (TPSA) is 36.3 Å². The minimum absolute atomic E-state index is 0.135. The van der Waals surface area contributed by atoms with Gasteiger partial charge in [0.25, 0.3) is 0 Å². The third kappa shape index (κ3) is 3.33. The van der Waals surface area contributed by atoms with Crippen LogP contribution in [0.2, 0.25) is 0 Å². The number of nitrogens with zero attached hydrogens (tertiary/aromatic N) is 2. The molecule has 3 nitrogen and oxygen atoms in total. The highest BCUT2D eigenvalue weighted by atomic mass is 16.5. The molecule has 0 amide bonds. The van der Waals surface area contributed by atoms with Gasteiger partial charge in [-0.05, 0) is 26.3 Å². The maximum atomic E-state index is 8.68. The summed E-state index contributed by atoms with van der Waals surface area (Å²) in [5.74, 6) is 0.135.